The molecule has 30 heavy (non-hydrogen) atoms. The molecule has 0 aromatic heterocycles. The Bertz CT molecular complexity index is 583. The topological polar surface area (TPSA) is 20.2 Å². The van der Waals surface area contributed by atoms with Crippen LogP contribution in [-0.4, -0.2) is 11.2 Å². The molecule has 10 atom stereocenters. The Labute approximate surface area is 188 Å². The highest BCUT2D eigenvalue weighted by molar-refractivity contribution is 5.09. The van der Waals surface area contributed by atoms with Crippen LogP contribution in [-0.2, 0) is 0 Å². The van der Waals surface area contributed by atoms with E-state index in [-0.39, 0.29) is 6.10 Å². The first-order chi connectivity index (χ1) is 14.2. The summed E-state index contributed by atoms with van der Waals surface area (Å²) in [6, 6.07) is 0. The van der Waals surface area contributed by atoms with Crippen LogP contribution in [0.1, 0.15) is 119 Å². The lowest BCUT2D eigenvalue weighted by molar-refractivity contribution is -0.129. The predicted molar refractivity (Wildman–Crippen MR) is 128 cm³/mol. The highest BCUT2D eigenvalue weighted by Crippen LogP contribution is 2.68. The summed E-state index contributed by atoms with van der Waals surface area (Å²) in [7, 11) is 0. The molecule has 174 valence electrons. The van der Waals surface area contributed by atoms with Crippen molar-refractivity contribution < 1.29 is 5.11 Å². The van der Waals surface area contributed by atoms with E-state index >= 15 is 0 Å². The molecule has 0 heterocycles. The summed E-state index contributed by atoms with van der Waals surface area (Å²) < 4.78 is 0. The third-order valence-corrected chi connectivity index (χ3v) is 11.9. The molecule has 4 saturated carbocycles. The number of aliphatic hydroxyl groups excluding tert-OH is 1. The fraction of sp³-hybridized carbons (Fsp3) is 1.00. The minimum atomic E-state index is -0.0111. The van der Waals surface area contributed by atoms with Gasteiger partial charge in [0.05, 0.1) is 6.10 Å². The molecule has 0 aromatic rings. The molecular weight excluding hydrogens is 364 g/mol. The van der Waals surface area contributed by atoms with Gasteiger partial charge in [-0.1, -0.05) is 54.4 Å². The first kappa shape index (κ1) is 23.1. The van der Waals surface area contributed by atoms with E-state index in [9.17, 15) is 5.11 Å². The summed E-state index contributed by atoms with van der Waals surface area (Å²) in [6.07, 6.45) is 16.5. The standard InChI is InChI=1S/C29H52O/c1-7-21(19(2)3)9-8-20(4)25-12-13-26-24-11-10-22-18-23(30)14-16-28(22,5)27(24)15-17-29(25,26)6/h19-27,30H,7-18H2,1-6H3/t20-,21-,22+,23+,24+,25?,26+,27+,28+,29-/m1/s1. The number of rotatable bonds is 6. The van der Waals surface area contributed by atoms with E-state index in [1.807, 2.05) is 0 Å². The van der Waals surface area contributed by atoms with Crippen LogP contribution in [0.3, 0.4) is 0 Å². The van der Waals surface area contributed by atoms with Crippen molar-refractivity contribution in [2.24, 2.45) is 58.2 Å². The molecule has 0 saturated heterocycles. The highest BCUT2D eigenvalue weighted by atomic mass is 16.3. The molecule has 4 fully saturated rings. The monoisotopic (exact) mass is 416 g/mol. The van der Waals surface area contributed by atoms with Crippen molar-refractivity contribution in [3.8, 4) is 0 Å². The summed E-state index contributed by atoms with van der Waals surface area (Å²) in [5, 5.41) is 10.3. The van der Waals surface area contributed by atoms with E-state index in [0.717, 1.165) is 60.2 Å². The Morgan fingerprint density at radius 2 is 1.53 bits per heavy atom. The molecule has 0 amide bonds. The van der Waals surface area contributed by atoms with Crippen LogP contribution in [0.2, 0.25) is 0 Å². The van der Waals surface area contributed by atoms with Gasteiger partial charge in [0, 0.05) is 0 Å². The first-order valence-corrected chi connectivity index (χ1v) is 13.9. The maximum atomic E-state index is 10.3. The minimum Gasteiger partial charge on any atom is -0.393 e. The van der Waals surface area contributed by atoms with Gasteiger partial charge in [-0.05, 0) is 122 Å². The summed E-state index contributed by atoms with van der Waals surface area (Å²) in [4.78, 5) is 0. The summed E-state index contributed by atoms with van der Waals surface area (Å²) in [5.74, 6) is 7.34. The molecular formula is C29H52O. The van der Waals surface area contributed by atoms with Gasteiger partial charge >= 0.3 is 0 Å². The molecule has 0 aliphatic heterocycles. The second-order valence-electron chi connectivity index (χ2n) is 13.3. The van der Waals surface area contributed by atoms with Crippen LogP contribution in [0, 0.1) is 58.2 Å². The molecule has 1 nitrogen and oxygen atoms in total. The van der Waals surface area contributed by atoms with Crippen LogP contribution >= 0.6 is 0 Å². The minimum absolute atomic E-state index is 0.0111. The van der Waals surface area contributed by atoms with E-state index in [0.29, 0.717) is 10.8 Å². The van der Waals surface area contributed by atoms with Crippen LogP contribution in [0.4, 0.5) is 0 Å². The molecule has 0 radical (unpaired) electrons. The Morgan fingerprint density at radius 1 is 0.833 bits per heavy atom. The Kier molecular flexibility index (Phi) is 6.72. The van der Waals surface area contributed by atoms with Gasteiger partial charge in [0.1, 0.15) is 0 Å². The first-order valence-electron chi connectivity index (χ1n) is 13.9. The third-order valence-electron chi connectivity index (χ3n) is 11.9. The van der Waals surface area contributed by atoms with Gasteiger partial charge in [0.2, 0.25) is 0 Å². The maximum Gasteiger partial charge on any atom is 0.0543 e. The Morgan fingerprint density at radius 3 is 2.23 bits per heavy atom. The van der Waals surface area contributed by atoms with Crippen LogP contribution in [0.5, 0.6) is 0 Å². The number of hydrogen-bond acceptors (Lipinski definition) is 1. The average Bonchev–Trinajstić information content (AvgIpc) is 3.06. The summed E-state index contributed by atoms with van der Waals surface area (Å²) in [5.41, 5.74) is 1.14. The van der Waals surface area contributed by atoms with E-state index < -0.39 is 0 Å². The quantitative estimate of drug-likeness (QED) is 0.463. The van der Waals surface area contributed by atoms with E-state index in [1.54, 1.807) is 0 Å². The van der Waals surface area contributed by atoms with Gasteiger partial charge in [-0.3, -0.25) is 0 Å². The van der Waals surface area contributed by atoms with Crippen molar-refractivity contribution in [2.45, 2.75) is 125 Å². The smallest absolute Gasteiger partial charge is 0.0543 e. The van der Waals surface area contributed by atoms with Crippen LogP contribution in [0.25, 0.3) is 0 Å². The molecule has 4 aliphatic carbocycles. The molecule has 1 heteroatoms. The van der Waals surface area contributed by atoms with Crippen molar-refractivity contribution in [1.82, 2.24) is 0 Å². The zero-order valence-electron chi connectivity index (χ0n) is 21.1. The van der Waals surface area contributed by atoms with E-state index in [1.165, 1.54) is 64.2 Å². The van der Waals surface area contributed by atoms with Gasteiger partial charge in [-0.2, -0.15) is 0 Å². The van der Waals surface area contributed by atoms with Gasteiger partial charge < -0.3 is 5.11 Å². The number of hydrogen-bond donors (Lipinski definition) is 1. The number of aliphatic hydroxyl groups is 1. The SMILES string of the molecule is CC[C@H](CC[C@@H](C)C1CC[C@H]2[C@@H]3CC[C@H]4C[C@@H](O)CC[C@]4(C)[C@H]3CC[C@]12C)C(C)C. The van der Waals surface area contributed by atoms with Gasteiger partial charge in [0.15, 0.2) is 0 Å². The second kappa shape index (κ2) is 8.72. The van der Waals surface area contributed by atoms with Crippen molar-refractivity contribution >= 4 is 0 Å². The molecule has 1 unspecified atom stereocenters. The second-order valence-corrected chi connectivity index (χ2v) is 13.3. The van der Waals surface area contributed by atoms with Crippen molar-refractivity contribution in [2.75, 3.05) is 0 Å². The molecule has 4 aliphatic rings. The van der Waals surface area contributed by atoms with Crippen LogP contribution in [0.15, 0.2) is 0 Å². The van der Waals surface area contributed by atoms with Gasteiger partial charge in [0.25, 0.3) is 0 Å². The predicted octanol–water partition coefficient (Wildman–Crippen LogP) is 8.10. The summed E-state index contributed by atoms with van der Waals surface area (Å²) in [6.45, 7) is 15.2. The van der Waals surface area contributed by atoms with Gasteiger partial charge in [-0.15, -0.1) is 0 Å². The highest BCUT2D eigenvalue weighted by Gasteiger charge is 2.60. The zero-order chi connectivity index (χ0) is 21.7. The van der Waals surface area contributed by atoms with E-state index in [2.05, 4.69) is 41.5 Å². The normalized spacial score (nSPS) is 48.0. The lowest BCUT2D eigenvalue weighted by atomic mass is 9.44. The third kappa shape index (κ3) is 3.82. The number of fused-ring (bicyclic) bond motifs is 5. The largest absolute Gasteiger partial charge is 0.393 e. The van der Waals surface area contributed by atoms with Gasteiger partial charge in [-0.25, -0.2) is 0 Å². The Balaban J connectivity index is 1.45. The molecule has 1 N–H and O–H groups in total. The fourth-order valence-corrected chi connectivity index (χ4v) is 9.90. The van der Waals surface area contributed by atoms with Crippen molar-refractivity contribution in [1.29, 1.82) is 0 Å². The fourth-order valence-electron chi connectivity index (χ4n) is 9.90. The zero-order valence-corrected chi connectivity index (χ0v) is 21.1. The average molecular weight is 417 g/mol. The van der Waals surface area contributed by atoms with E-state index in [4.69, 9.17) is 0 Å². The molecule has 4 rings (SSSR count). The summed E-state index contributed by atoms with van der Waals surface area (Å²) >= 11 is 0. The van der Waals surface area contributed by atoms with Crippen LogP contribution < -0.4 is 0 Å². The van der Waals surface area contributed by atoms with Crippen molar-refractivity contribution in [3.63, 3.8) is 0 Å². The lowest BCUT2D eigenvalue weighted by Crippen LogP contribution is -2.54. The Hall–Kier alpha value is -0.0400. The molecule has 0 spiro atoms. The van der Waals surface area contributed by atoms with Crippen molar-refractivity contribution in [3.05, 3.63) is 0 Å². The molecule has 0 aromatic carbocycles. The molecule has 0 bridgehead atoms. The lowest BCUT2D eigenvalue weighted by Gasteiger charge is -2.61. The maximum absolute atomic E-state index is 10.3.